The molecule has 1 N–H and O–H groups in total. The number of ether oxygens (including phenoxy) is 1. The highest BCUT2D eigenvalue weighted by molar-refractivity contribution is 5.89. The van der Waals surface area contributed by atoms with Gasteiger partial charge >= 0.3 is 5.69 Å². The van der Waals surface area contributed by atoms with Crippen LogP contribution in [0.3, 0.4) is 0 Å². The first-order chi connectivity index (χ1) is 11.1. The van der Waals surface area contributed by atoms with E-state index >= 15 is 0 Å². The molecule has 0 spiro atoms. The second-order valence-corrected chi connectivity index (χ2v) is 5.13. The Bertz CT molecular complexity index is 1110. The summed E-state index contributed by atoms with van der Waals surface area (Å²) in [6.07, 6.45) is 3.12. The number of aryl methyl sites for hydroxylation is 1. The van der Waals surface area contributed by atoms with E-state index in [-0.39, 0.29) is 5.69 Å². The third-order valence-corrected chi connectivity index (χ3v) is 3.78. The number of H-pyrrole nitrogens is 1. The number of rotatable bonds is 2. The Balaban J connectivity index is 2.01. The lowest BCUT2D eigenvalue weighted by molar-refractivity contribution is 0.411. The van der Waals surface area contributed by atoms with Crippen molar-refractivity contribution in [3.05, 3.63) is 46.9 Å². The monoisotopic (exact) mass is 313 g/mol. The summed E-state index contributed by atoms with van der Waals surface area (Å²) >= 11 is 0. The third kappa shape index (κ3) is 1.91. The van der Waals surface area contributed by atoms with Gasteiger partial charge in [-0.1, -0.05) is 0 Å². The molecule has 116 valence electrons. The first-order valence-electron chi connectivity index (χ1n) is 6.85. The molecule has 8 heteroatoms. The molecule has 3 heterocycles. The Morgan fingerprint density at radius 2 is 2.17 bits per heavy atom. The van der Waals surface area contributed by atoms with Crippen LogP contribution < -0.4 is 10.4 Å². The molecule has 0 atom stereocenters. The number of benzene rings is 1. The molecule has 7 nitrogen and oxygen atoms in total. The van der Waals surface area contributed by atoms with Gasteiger partial charge in [0.1, 0.15) is 17.2 Å². The lowest BCUT2D eigenvalue weighted by Crippen LogP contribution is -2.16. The second-order valence-electron chi connectivity index (χ2n) is 5.13. The average Bonchev–Trinajstić information content (AvgIpc) is 3.12. The number of nitrogens with one attached hydrogen (secondary N) is 1. The number of nitrogens with zero attached hydrogens (tertiary/aromatic N) is 4. The number of hydrogen-bond donors (Lipinski definition) is 1. The molecule has 0 bridgehead atoms. The fourth-order valence-corrected chi connectivity index (χ4v) is 2.60. The van der Waals surface area contributed by atoms with Gasteiger partial charge in [-0.2, -0.15) is 5.10 Å². The molecule has 3 aromatic heterocycles. The van der Waals surface area contributed by atoms with Crippen molar-refractivity contribution in [2.45, 2.75) is 0 Å². The molecule has 0 aliphatic heterocycles. The van der Waals surface area contributed by atoms with Crippen molar-refractivity contribution in [2.75, 3.05) is 7.11 Å². The minimum absolute atomic E-state index is 0.297. The molecule has 1 aromatic carbocycles. The van der Waals surface area contributed by atoms with E-state index in [1.807, 2.05) is 0 Å². The molecule has 23 heavy (non-hydrogen) atoms. The summed E-state index contributed by atoms with van der Waals surface area (Å²) < 4.78 is 22.1. The zero-order valence-corrected chi connectivity index (χ0v) is 12.4. The quantitative estimate of drug-likeness (QED) is 0.611. The fourth-order valence-electron chi connectivity index (χ4n) is 2.60. The van der Waals surface area contributed by atoms with Gasteiger partial charge in [-0.05, 0) is 12.1 Å². The normalized spacial score (nSPS) is 11.4. The predicted octanol–water partition coefficient (Wildman–Crippen LogP) is 1.72. The smallest absolute Gasteiger partial charge is 0.332 e. The first-order valence-corrected chi connectivity index (χ1v) is 6.85. The van der Waals surface area contributed by atoms with E-state index in [9.17, 15) is 9.18 Å². The van der Waals surface area contributed by atoms with Gasteiger partial charge in [0.2, 0.25) is 0 Å². The van der Waals surface area contributed by atoms with Gasteiger partial charge in [-0.3, -0.25) is 14.1 Å². The van der Waals surface area contributed by atoms with Crippen molar-refractivity contribution < 1.29 is 9.13 Å². The summed E-state index contributed by atoms with van der Waals surface area (Å²) in [6.45, 7) is 0. The SMILES string of the molecule is COc1ccc(-c2cn3c(=O)[nH]c4c(cnn4C)c3n2)c(F)c1. The molecule has 0 unspecified atom stereocenters. The second kappa shape index (κ2) is 4.67. The van der Waals surface area contributed by atoms with Crippen LogP contribution in [-0.4, -0.2) is 31.3 Å². The summed E-state index contributed by atoms with van der Waals surface area (Å²) in [5.74, 6) is -0.0471. The molecule has 0 aliphatic rings. The van der Waals surface area contributed by atoms with Crippen LogP contribution in [-0.2, 0) is 7.05 Å². The van der Waals surface area contributed by atoms with E-state index in [2.05, 4.69) is 15.1 Å². The number of imidazole rings is 1. The highest BCUT2D eigenvalue weighted by atomic mass is 19.1. The van der Waals surface area contributed by atoms with Gasteiger partial charge in [-0.15, -0.1) is 0 Å². The van der Waals surface area contributed by atoms with Crippen LogP contribution in [0.15, 0.2) is 35.4 Å². The topological polar surface area (TPSA) is 77.2 Å². The van der Waals surface area contributed by atoms with E-state index in [4.69, 9.17) is 4.74 Å². The van der Waals surface area contributed by atoms with E-state index in [0.29, 0.717) is 33.7 Å². The molecular formula is C15H12FN5O2. The molecule has 0 radical (unpaired) electrons. The van der Waals surface area contributed by atoms with E-state index in [1.165, 1.54) is 23.8 Å². The molecule has 0 fully saturated rings. The number of aromatic nitrogens is 5. The Labute approximate surface area is 129 Å². The Kier molecular flexibility index (Phi) is 2.74. The Hall–Kier alpha value is -3.16. The predicted molar refractivity (Wildman–Crippen MR) is 82.0 cm³/mol. The maximum atomic E-state index is 14.2. The number of aromatic amines is 1. The van der Waals surface area contributed by atoms with Gasteiger partial charge in [0.25, 0.3) is 0 Å². The number of hydrogen-bond acceptors (Lipinski definition) is 4. The van der Waals surface area contributed by atoms with Crippen molar-refractivity contribution >= 4 is 16.7 Å². The summed E-state index contributed by atoms with van der Waals surface area (Å²) in [5.41, 5.74) is 1.30. The molecule has 0 amide bonds. The van der Waals surface area contributed by atoms with Crippen LogP contribution in [0.1, 0.15) is 0 Å². The molecule has 4 rings (SSSR count). The van der Waals surface area contributed by atoms with E-state index < -0.39 is 5.82 Å². The number of methoxy groups -OCH3 is 1. The molecule has 0 saturated carbocycles. The zero-order valence-electron chi connectivity index (χ0n) is 12.4. The molecule has 0 aliphatic carbocycles. The van der Waals surface area contributed by atoms with Crippen molar-refractivity contribution in [3.63, 3.8) is 0 Å². The average molecular weight is 313 g/mol. The number of halogens is 1. The van der Waals surface area contributed by atoms with Crippen LogP contribution in [0.25, 0.3) is 27.9 Å². The minimum atomic E-state index is -0.466. The Morgan fingerprint density at radius 1 is 1.35 bits per heavy atom. The summed E-state index contributed by atoms with van der Waals surface area (Å²) in [6, 6.07) is 4.50. The summed E-state index contributed by atoms with van der Waals surface area (Å²) in [4.78, 5) is 19.3. The maximum absolute atomic E-state index is 14.2. The third-order valence-electron chi connectivity index (χ3n) is 3.78. The van der Waals surface area contributed by atoms with Gasteiger partial charge in [0.05, 0.1) is 24.4 Å². The Morgan fingerprint density at radius 3 is 2.91 bits per heavy atom. The van der Waals surface area contributed by atoms with Crippen molar-refractivity contribution in [1.29, 1.82) is 0 Å². The molecule has 0 saturated heterocycles. The maximum Gasteiger partial charge on any atom is 0.332 e. The summed E-state index contributed by atoms with van der Waals surface area (Å²) in [7, 11) is 3.19. The van der Waals surface area contributed by atoms with Crippen LogP contribution >= 0.6 is 0 Å². The summed E-state index contributed by atoms with van der Waals surface area (Å²) in [5, 5.41) is 4.80. The number of fused-ring (bicyclic) bond motifs is 3. The van der Waals surface area contributed by atoms with Crippen molar-refractivity contribution in [2.24, 2.45) is 7.05 Å². The first kappa shape index (κ1) is 13.5. The highest BCUT2D eigenvalue weighted by Gasteiger charge is 2.15. The van der Waals surface area contributed by atoms with Crippen LogP contribution in [0.4, 0.5) is 4.39 Å². The van der Waals surface area contributed by atoms with Crippen molar-refractivity contribution in [1.82, 2.24) is 24.1 Å². The lowest BCUT2D eigenvalue weighted by Gasteiger charge is -2.02. The zero-order chi connectivity index (χ0) is 16.1. The van der Waals surface area contributed by atoms with Crippen LogP contribution in [0.5, 0.6) is 5.75 Å². The lowest BCUT2D eigenvalue weighted by atomic mass is 10.1. The van der Waals surface area contributed by atoms with E-state index in [1.54, 1.807) is 30.1 Å². The van der Waals surface area contributed by atoms with Crippen molar-refractivity contribution in [3.8, 4) is 17.0 Å². The standard InChI is InChI=1S/C15H12FN5O2/c1-20-13-10(6-17-20)14-18-12(7-21(14)15(22)19-13)9-4-3-8(23-2)5-11(9)16/h3-7H,1-2H3,(H,19,22). The van der Waals surface area contributed by atoms with Crippen LogP contribution in [0, 0.1) is 5.82 Å². The van der Waals surface area contributed by atoms with Gasteiger partial charge in [0.15, 0.2) is 5.65 Å². The van der Waals surface area contributed by atoms with E-state index in [0.717, 1.165) is 0 Å². The highest BCUT2D eigenvalue weighted by Crippen LogP contribution is 2.26. The molecular weight excluding hydrogens is 301 g/mol. The largest absolute Gasteiger partial charge is 0.497 e. The van der Waals surface area contributed by atoms with Crippen LogP contribution in [0.2, 0.25) is 0 Å². The van der Waals surface area contributed by atoms with Gasteiger partial charge in [-0.25, -0.2) is 14.2 Å². The fraction of sp³-hybridized carbons (Fsp3) is 0.133. The minimum Gasteiger partial charge on any atom is -0.497 e. The van der Waals surface area contributed by atoms with Gasteiger partial charge in [0, 0.05) is 24.9 Å². The van der Waals surface area contributed by atoms with Gasteiger partial charge < -0.3 is 4.74 Å². The molecule has 4 aromatic rings.